The highest BCUT2D eigenvalue weighted by atomic mass is 32.2. The lowest BCUT2D eigenvalue weighted by molar-refractivity contribution is 0.382. The lowest BCUT2D eigenvalue weighted by Crippen LogP contribution is -2.35. The molecule has 1 aromatic heterocycles. The molecule has 0 saturated heterocycles. The van der Waals surface area contributed by atoms with Crippen molar-refractivity contribution in [3.8, 4) is 0 Å². The van der Waals surface area contributed by atoms with Gasteiger partial charge in [-0.3, -0.25) is 4.68 Å². The molecule has 1 rings (SSSR count). The number of sulfonamides is 1. The summed E-state index contributed by atoms with van der Waals surface area (Å²) in [4.78, 5) is 0.0906. The molecule has 0 spiro atoms. The zero-order valence-electron chi connectivity index (χ0n) is 11.8. The molecule has 0 fully saturated rings. The Labute approximate surface area is 119 Å². The molecule has 0 aromatic carbocycles. The molecule has 2 N–H and O–H groups in total. The van der Waals surface area contributed by atoms with Crippen LogP contribution in [0.2, 0.25) is 0 Å². The number of hydrogen-bond acceptors (Lipinski definition) is 5. The largest absolute Gasteiger partial charge is 0.381 e. The van der Waals surface area contributed by atoms with Crippen LogP contribution in [0.25, 0.3) is 0 Å². The van der Waals surface area contributed by atoms with Gasteiger partial charge < -0.3 is 5.73 Å². The average molecular weight is 306 g/mol. The molecule has 1 aromatic rings. The second-order valence-electron chi connectivity index (χ2n) is 4.39. The summed E-state index contributed by atoms with van der Waals surface area (Å²) in [6.45, 7) is 4.37. The smallest absolute Gasteiger partial charge is 0.248 e. The van der Waals surface area contributed by atoms with Crippen molar-refractivity contribution < 1.29 is 8.42 Å². The van der Waals surface area contributed by atoms with E-state index < -0.39 is 10.0 Å². The molecular weight excluding hydrogens is 284 g/mol. The van der Waals surface area contributed by atoms with Crippen molar-refractivity contribution >= 4 is 27.6 Å². The number of anilines is 1. The Hall–Kier alpha value is -0.730. The Balaban J connectivity index is 2.99. The monoisotopic (exact) mass is 306 g/mol. The van der Waals surface area contributed by atoms with Crippen LogP contribution in [0.5, 0.6) is 0 Å². The van der Waals surface area contributed by atoms with E-state index in [0.717, 1.165) is 12.2 Å². The van der Waals surface area contributed by atoms with Gasteiger partial charge in [-0.25, -0.2) is 8.42 Å². The standard InChI is InChI=1S/C11H22N4O2S2/c1-5-15-8-10(11(12)13-15)19(16,17)14(3)9(2)6-7-18-4/h8-9H,5-7H2,1-4H3,(H2,12,13). The number of rotatable bonds is 7. The molecule has 19 heavy (non-hydrogen) atoms. The van der Waals surface area contributed by atoms with Crippen LogP contribution in [0, 0.1) is 0 Å². The Morgan fingerprint density at radius 2 is 2.21 bits per heavy atom. The number of nitrogen functional groups attached to an aromatic ring is 1. The maximum Gasteiger partial charge on any atom is 0.248 e. The van der Waals surface area contributed by atoms with E-state index in [4.69, 9.17) is 5.73 Å². The van der Waals surface area contributed by atoms with E-state index in [-0.39, 0.29) is 16.8 Å². The molecule has 1 atom stereocenters. The third-order valence-corrected chi connectivity index (χ3v) is 5.73. The number of hydrogen-bond donors (Lipinski definition) is 1. The van der Waals surface area contributed by atoms with Gasteiger partial charge in [0.2, 0.25) is 10.0 Å². The van der Waals surface area contributed by atoms with E-state index in [0.29, 0.717) is 6.54 Å². The topological polar surface area (TPSA) is 81.2 Å². The molecule has 0 aliphatic rings. The van der Waals surface area contributed by atoms with E-state index in [9.17, 15) is 8.42 Å². The number of thioether (sulfide) groups is 1. The fourth-order valence-corrected chi connectivity index (χ4v) is 3.67. The van der Waals surface area contributed by atoms with Gasteiger partial charge in [-0.15, -0.1) is 0 Å². The first-order valence-electron chi connectivity index (χ1n) is 6.14. The molecular formula is C11H22N4O2S2. The van der Waals surface area contributed by atoms with E-state index >= 15 is 0 Å². The molecule has 110 valence electrons. The second kappa shape index (κ2) is 6.62. The van der Waals surface area contributed by atoms with Gasteiger partial charge in [-0.2, -0.15) is 21.2 Å². The Morgan fingerprint density at radius 1 is 1.58 bits per heavy atom. The highest BCUT2D eigenvalue weighted by Gasteiger charge is 2.29. The zero-order chi connectivity index (χ0) is 14.6. The Kier molecular flexibility index (Phi) is 5.69. The van der Waals surface area contributed by atoms with Gasteiger partial charge in [0.15, 0.2) is 5.82 Å². The number of nitrogens with two attached hydrogens (primary N) is 1. The summed E-state index contributed by atoms with van der Waals surface area (Å²) in [5.74, 6) is 0.982. The maximum absolute atomic E-state index is 12.5. The summed E-state index contributed by atoms with van der Waals surface area (Å²) in [5, 5.41) is 3.98. The van der Waals surface area contributed by atoms with E-state index in [1.54, 1.807) is 18.8 Å². The fraction of sp³-hybridized carbons (Fsp3) is 0.727. The van der Waals surface area contributed by atoms with E-state index in [1.807, 2.05) is 20.1 Å². The van der Waals surface area contributed by atoms with Gasteiger partial charge in [0.1, 0.15) is 4.90 Å². The van der Waals surface area contributed by atoms with Crippen LogP contribution in [0.3, 0.4) is 0 Å². The SMILES string of the molecule is CCn1cc(S(=O)(=O)N(C)C(C)CCSC)c(N)n1. The third kappa shape index (κ3) is 3.64. The van der Waals surface area contributed by atoms with Crippen LogP contribution < -0.4 is 5.73 Å². The molecule has 0 radical (unpaired) electrons. The van der Waals surface area contributed by atoms with Crippen LogP contribution in [0.1, 0.15) is 20.3 Å². The predicted octanol–water partition coefficient (Wildman–Crippen LogP) is 1.25. The van der Waals surface area contributed by atoms with Gasteiger partial charge in [0.05, 0.1) is 0 Å². The van der Waals surface area contributed by atoms with Crippen LogP contribution in [0.4, 0.5) is 5.82 Å². The van der Waals surface area contributed by atoms with E-state index in [2.05, 4.69) is 5.10 Å². The highest BCUT2D eigenvalue weighted by Crippen LogP contribution is 2.22. The first kappa shape index (κ1) is 16.3. The minimum atomic E-state index is -3.57. The van der Waals surface area contributed by atoms with Gasteiger partial charge in [-0.1, -0.05) is 0 Å². The molecule has 1 unspecified atom stereocenters. The van der Waals surface area contributed by atoms with Crippen LogP contribution >= 0.6 is 11.8 Å². The lowest BCUT2D eigenvalue weighted by Gasteiger charge is -2.23. The highest BCUT2D eigenvalue weighted by molar-refractivity contribution is 7.98. The van der Waals surface area contributed by atoms with Crippen molar-refractivity contribution in [2.24, 2.45) is 0 Å². The van der Waals surface area contributed by atoms with Crippen molar-refractivity contribution in [1.82, 2.24) is 14.1 Å². The fourth-order valence-electron chi connectivity index (χ4n) is 1.64. The van der Waals surface area contributed by atoms with Crippen LogP contribution in [0.15, 0.2) is 11.1 Å². The van der Waals surface area contributed by atoms with Gasteiger partial charge in [-0.05, 0) is 32.3 Å². The first-order chi connectivity index (χ1) is 8.84. The normalized spacial score (nSPS) is 13.9. The van der Waals surface area contributed by atoms with Crippen molar-refractivity contribution in [3.63, 3.8) is 0 Å². The summed E-state index contributed by atoms with van der Waals surface area (Å²) in [7, 11) is -1.99. The Morgan fingerprint density at radius 3 is 2.68 bits per heavy atom. The molecule has 0 saturated carbocycles. The first-order valence-corrected chi connectivity index (χ1v) is 8.97. The molecule has 0 bridgehead atoms. The molecule has 0 aliphatic heterocycles. The van der Waals surface area contributed by atoms with Crippen molar-refractivity contribution in [3.05, 3.63) is 6.20 Å². The molecule has 8 heteroatoms. The quantitative estimate of drug-likeness (QED) is 0.820. The van der Waals surface area contributed by atoms with Gasteiger partial charge in [0, 0.05) is 25.8 Å². The maximum atomic E-state index is 12.5. The molecule has 1 heterocycles. The summed E-state index contributed by atoms with van der Waals surface area (Å²) < 4.78 is 27.8. The second-order valence-corrected chi connectivity index (χ2v) is 7.34. The van der Waals surface area contributed by atoms with Crippen molar-refractivity contribution in [2.45, 2.75) is 37.8 Å². The van der Waals surface area contributed by atoms with Crippen LogP contribution in [-0.2, 0) is 16.6 Å². The van der Waals surface area contributed by atoms with Gasteiger partial charge in [0.25, 0.3) is 0 Å². The lowest BCUT2D eigenvalue weighted by atomic mass is 10.3. The minimum Gasteiger partial charge on any atom is -0.381 e. The number of aryl methyl sites for hydroxylation is 1. The summed E-state index contributed by atoms with van der Waals surface area (Å²) in [5.41, 5.74) is 5.70. The number of aromatic nitrogens is 2. The molecule has 0 aliphatic carbocycles. The van der Waals surface area contributed by atoms with Gasteiger partial charge >= 0.3 is 0 Å². The molecule has 0 amide bonds. The van der Waals surface area contributed by atoms with E-state index in [1.165, 1.54) is 15.2 Å². The van der Waals surface area contributed by atoms with Crippen molar-refractivity contribution in [2.75, 3.05) is 24.8 Å². The number of nitrogens with zero attached hydrogens (tertiary/aromatic N) is 3. The summed E-state index contributed by atoms with van der Waals surface area (Å²) >= 11 is 1.70. The Bertz CT molecular complexity index is 513. The minimum absolute atomic E-state index is 0.0609. The summed E-state index contributed by atoms with van der Waals surface area (Å²) in [6, 6.07) is -0.0678. The summed E-state index contributed by atoms with van der Waals surface area (Å²) in [6.07, 6.45) is 4.30. The average Bonchev–Trinajstić information content (AvgIpc) is 2.76. The van der Waals surface area contributed by atoms with Crippen LogP contribution in [-0.4, -0.2) is 47.6 Å². The molecule has 6 nitrogen and oxygen atoms in total. The third-order valence-electron chi connectivity index (χ3n) is 3.10. The zero-order valence-corrected chi connectivity index (χ0v) is 13.5. The predicted molar refractivity (Wildman–Crippen MR) is 79.7 cm³/mol. The van der Waals surface area contributed by atoms with Crippen molar-refractivity contribution in [1.29, 1.82) is 0 Å².